The van der Waals surface area contributed by atoms with Crippen LogP contribution in [0.5, 0.6) is 5.75 Å². The molecule has 0 aromatic heterocycles. The van der Waals surface area contributed by atoms with Gasteiger partial charge in [-0.25, -0.2) is 8.42 Å². The molecule has 0 unspecified atom stereocenters. The highest BCUT2D eigenvalue weighted by molar-refractivity contribution is 7.89. The second-order valence-electron chi connectivity index (χ2n) is 6.30. The van der Waals surface area contributed by atoms with Crippen LogP contribution in [0.25, 0.3) is 0 Å². The first-order valence-corrected chi connectivity index (χ1v) is 10.2. The van der Waals surface area contributed by atoms with E-state index in [-0.39, 0.29) is 17.5 Å². The lowest BCUT2D eigenvalue weighted by atomic mass is 10.2. The van der Waals surface area contributed by atoms with Crippen LogP contribution in [0.3, 0.4) is 0 Å². The van der Waals surface area contributed by atoms with Crippen molar-refractivity contribution < 1.29 is 17.9 Å². The molecule has 0 aliphatic rings. The average Bonchev–Trinajstić information content (AvgIpc) is 2.61. The summed E-state index contributed by atoms with van der Waals surface area (Å²) >= 11 is 5.78. The third kappa shape index (κ3) is 6.23. The van der Waals surface area contributed by atoms with Gasteiger partial charge < -0.3 is 10.1 Å². The number of ether oxygens (including phenoxy) is 1. The van der Waals surface area contributed by atoms with Crippen LogP contribution >= 0.6 is 11.6 Å². The van der Waals surface area contributed by atoms with Gasteiger partial charge in [-0.3, -0.25) is 4.79 Å². The summed E-state index contributed by atoms with van der Waals surface area (Å²) in [6.45, 7) is 3.92. The van der Waals surface area contributed by atoms with Crippen LogP contribution in [0.2, 0.25) is 5.02 Å². The zero-order valence-electron chi connectivity index (χ0n) is 15.5. The molecule has 0 aliphatic heterocycles. The summed E-state index contributed by atoms with van der Waals surface area (Å²) in [7, 11) is -2.39. The van der Waals surface area contributed by atoms with Gasteiger partial charge in [0, 0.05) is 18.6 Å². The van der Waals surface area contributed by atoms with E-state index in [9.17, 15) is 13.2 Å². The molecule has 2 aromatic carbocycles. The number of halogens is 1. The van der Waals surface area contributed by atoms with Crippen molar-refractivity contribution in [1.82, 2.24) is 9.62 Å². The third-order valence-electron chi connectivity index (χ3n) is 3.67. The predicted molar refractivity (Wildman–Crippen MR) is 105 cm³/mol. The van der Waals surface area contributed by atoms with Crippen LogP contribution in [0.15, 0.2) is 53.4 Å². The fraction of sp³-hybridized carbons (Fsp3) is 0.316. The minimum atomic E-state index is -3.75. The average molecular weight is 411 g/mol. The van der Waals surface area contributed by atoms with Gasteiger partial charge in [-0.2, -0.15) is 4.31 Å². The van der Waals surface area contributed by atoms with Gasteiger partial charge in [0.25, 0.3) is 0 Å². The number of likely N-dealkylation sites (N-methyl/N-ethyl adjacent to an activating group) is 1. The van der Waals surface area contributed by atoms with E-state index in [1.165, 1.54) is 31.3 Å². The highest BCUT2D eigenvalue weighted by Crippen LogP contribution is 2.17. The van der Waals surface area contributed by atoms with Crippen molar-refractivity contribution in [2.45, 2.75) is 31.4 Å². The van der Waals surface area contributed by atoms with Crippen LogP contribution in [-0.2, 0) is 21.4 Å². The molecule has 0 atom stereocenters. The topological polar surface area (TPSA) is 75.7 Å². The van der Waals surface area contributed by atoms with Crippen molar-refractivity contribution in [2.24, 2.45) is 0 Å². The van der Waals surface area contributed by atoms with E-state index in [2.05, 4.69) is 5.32 Å². The SMILES string of the molecule is CC(C)Oc1ccc(CNC(=O)CN(C)S(=O)(=O)c2ccc(Cl)cc2)cc1. The van der Waals surface area contributed by atoms with E-state index in [0.717, 1.165) is 15.6 Å². The summed E-state index contributed by atoms with van der Waals surface area (Å²) in [6, 6.07) is 13.2. The van der Waals surface area contributed by atoms with Crippen LogP contribution in [-0.4, -0.2) is 38.3 Å². The molecule has 8 heteroatoms. The maximum Gasteiger partial charge on any atom is 0.243 e. The minimum Gasteiger partial charge on any atom is -0.491 e. The zero-order valence-corrected chi connectivity index (χ0v) is 17.0. The number of hydrogen-bond acceptors (Lipinski definition) is 4. The van der Waals surface area contributed by atoms with Crippen molar-refractivity contribution in [3.63, 3.8) is 0 Å². The third-order valence-corrected chi connectivity index (χ3v) is 5.74. The molecule has 6 nitrogen and oxygen atoms in total. The van der Waals surface area contributed by atoms with Gasteiger partial charge in [-0.1, -0.05) is 23.7 Å². The summed E-state index contributed by atoms with van der Waals surface area (Å²) in [5, 5.41) is 3.16. The second-order valence-corrected chi connectivity index (χ2v) is 8.78. The van der Waals surface area contributed by atoms with Crippen molar-refractivity contribution in [3.8, 4) is 5.75 Å². The standard InChI is InChI=1S/C19H23ClN2O4S/c1-14(2)26-17-8-4-15(5-9-17)12-21-19(23)13-22(3)27(24,25)18-10-6-16(20)7-11-18/h4-11,14H,12-13H2,1-3H3,(H,21,23). The van der Waals surface area contributed by atoms with Gasteiger partial charge in [-0.05, 0) is 55.8 Å². The Bertz CT molecular complexity index is 866. The van der Waals surface area contributed by atoms with Gasteiger partial charge in [0.15, 0.2) is 0 Å². The first-order valence-electron chi connectivity index (χ1n) is 8.42. The smallest absolute Gasteiger partial charge is 0.243 e. The first kappa shape index (κ1) is 21.2. The quantitative estimate of drug-likeness (QED) is 0.725. The van der Waals surface area contributed by atoms with E-state index < -0.39 is 15.9 Å². The maximum absolute atomic E-state index is 12.5. The molecule has 1 N–H and O–H groups in total. The normalized spacial score (nSPS) is 11.6. The molecule has 0 fully saturated rings. The number of benzene rings is 2. The number of hydrogen-bond donors (Lipinski definition) is 1. The molecule has 0 aliphatic carbocycles. The highest BCUT2D eigenvalue weighted by Gasteiger charge is 2.22. The molecule has 27 heavy (non-hydrogen) atoms. The van der Waals surface area contributed by atoms with E-state index in [1.54, 1.807) is 0 Å². The highest BCUT2D eigenvalue weighted by atomic mass is 35.5. The maximum atomic E-state index is 12.5. The molecular weight excluding hydrogens is 388 g/mol. The van der Waals surface area contributed by atoms with Crippen molar-refractivity contribution in [1.29, 1.82) is 0 Å². The zero-order chi connectivity index (χ0) is 20.0. The van der Waals surface area contributed by atoms with Gasteiger partial charge >= 0.3 is 0 Å². The molecule has 2 aromatic rings. The number of nitrogens with one attached hydrogen (secondary N) is 1. The minimum absolute atomic E-state index is 0.0861. The van der Waals surface area contributed by atoms with E-state index >= 15 is 0 Å². The number of rotatable bonds is 8. The van der Waals surface area contributed by atoms with Gasteiger partial charge in [-0.15, -0.1) is 0 Å². The molecule has 0 heterocycles. The second kappa shape index (κ2) is 9.21. The number of amides is 1. The number of sulfonamides is 1. The van der Waals surface area contributed by atoms with Gasteiger partial charge in [0.2, 0.25) is 15.9 Å². The summed E-state index contributed by atoms with van der Waals surface area (Å²) < 4.78 is 31.5. The molecule has 0 bridgehead atoms. The van der Waals surface area contributed by atoms with Gasteiger partial charge in [0.1, 0.15) is 5.75 Å². The lowest BCUT2D eigenvalue weighted by molar-refractivity contribution is -0.121. The van der Waals surface area contributed by atoms with Gasteiger partial charge in [0.05, 0.1) is 17.5 Å². The van der Waals surface area contributed by atoms with Crippen molar-refractivity contribution in [3.05, 3.63) is 59.1 Å². The van der Waals surface area contributed by atoms with E-state index in [1.807, 2.05) is 38.1 Å². The molecule has 0 saturated heterocycles. The first-order chi connectivity index (χ1) is 12.7. The van der Waals surface area contributed by atoms with Crippen molar-refractivity contribution >= 4 is 27.5 Å². The molecule has 0 radical (unpaired) electrons. The Labute approximate surface area is 165 Å². The number of carbonyl (C=O) groups excluding carboxylic acids is 1. The van der Waals surface area contributed by atoms with Crippen LogP contribution < -0.4 is 10.1 Å². The number of carbonyl (C=O) groups is 1. The Kier molecular flexibility index (Phi) is 7.24. The molecule has 1 amide bonds. The van der Waals surface area contributed by atoms with Crippen LogP contribution in [0.1, 0.15) is 19.4 Å². The Morgan fingerprint density at radius 1 is 1.11 bits per heavy atom. The fourth-order valence-corrected chi connectivity index (χ4v) is 3.54. The lowest BCUT2D eigenvalue weighted by Gasteiger charge is -2.17. The summed E-state index contributed by atoms with van der Waals surface area (Å²) in [4.78, 5) is 12.2. The lowest BCUT2D eigenvalue weighted by Crippen LogP contribution is -2.38. The van der Waals surface area contributed by atoms with Crippen molar-refractivity contribution in [2.75, 3.05) is 13.6 Å². The monoisotopic (exact) mass is 410 g/mol. The van der Waals surface area contributed by atoms with Crippen LogP contribution in [0.4, 0.5) is 0 Å². The summed E-state index contributed by atoms with van der Waals surface area (Å²) in [5.74, 6) is 0.367. The van der Waals surface area contributed by atoms with E-state index in [0.29, 0.717) is 11.6 Å². The fourth-order valence-electron chi connectivity index (χ4n) is 2.29. The Balaban J connectivity index is 1.90. The largest absolute Gasteiger partial charge is 0.491 e. The Hall–Kier alpha value is -2.09. The molecular formula is C19H23ClN2O4S. The molecule has 0 spiro atoms. The summed E-state index contributed by atoms with van der Waals surface area (Å²) in [6.07, 6.45) is 0.0914. The Morgan fingerprint density at radius 3 is 2.26 bits per heavy atom. The van der Waals surface area contributed by atoms with E-state index in [4.69, 9.17) is 16.3 Å². The molecule has 2 rings (SSSR count). The van der Waals surface area contributed by atoms with Crippen LogP contribution in [0, 0.1) is 0 Å². The summed E-state index contributed by atoms with van der Waals surface area (Å²) in [5.41, 5.74) is 0.891. The Morgan fingerprint density at radius 2 is 1.70 bits per heavy atom. The predicted octanol–water partition coefficient (Wildman–Crippen LogP) is 3.06. The molecule has 0 saturated carbocycles. The number of nitrogens with zero attached hydrogens (tertiary/aromatic N) is 1. The molecule has 146 valence electrons.